The highest BCUT2D eigenvalue weighted by atomic mass is 16.5. The molecule has 0 saturated heterocycles. The predicted octanol–water partition coefficient (Wildman–Crippen LogP) is 4.99. The van der Waals surface area contributed by atoms with Crippen molar-refractivity contribution < 1.29 is 14.3 Å². The van der Waals surface area contributed by atoms with Gasteiger partial charge in [0, 0.05) is 13.1 Å². The molecule has 0 fully saturated rings. The predicted molar refractivity (Wildman–Crippen MR) is 133 cm³/mol. The van der Waals surface area contributed by atoms with E-state index in [-0.39, 0.29) is 12.1 Å². The fourth-order valence-corrected chi connectivity index (χ4v) is 3.74. The minimum atomic E-state index is -0.228. The van der Waals surface area contributed by atoms with Gasteiger partial charge >= 0.3 is 6.03 Å². The van der Waals surface area contributed by atoms with Gasteiger partial charge in [0.2, 0.25) is 0 Å². The summed E-state index contributed by atoms with van der Waals surface area (Å²) >= 11 is 0. The second-order valence-electron chi connectivity index (χ2n) is 8.25. The van der Waals surface area contributed by atoms with Crippen molar-refractivity contribution in [3.05, 3.63) is 83.4 Å². The lowest BCUT2D eigenvalue weighted by atomic mass is 9.98. The molecule has 0 aliphatic carbocycles. The molecular weight excluding hydrogens is 414 g/mol. The standard InChI is InChI=1S/C27H33N3O3/c1-19(22-14-15-25(32-4)26(16-22)33-5)29-27(31)28-17-23-8-6-7-9-24(23)21-12-10-20(11-13-21)18-30(2)3/h6-16,19H,17-18H2,1-5H3,(H2,28,29,31). The maximum absolute atomic E-state index is 12.6. The summed E-state index contributed by atoms with van der Waals surface area (Å²) in [5.74, 6) is 1.29. The number of nitrogens with one attached hydrogen (secondary N) is 2. The summed E-state index contributed by atoms with van der Waals surface area (Å²) in [5, 5.41) is 5.97. The molecule has 3 aromatic carbocycles. The van der Waals surface area contributed by atoms with Crippen LogP contribution < -0.4 is 20.1 Å². The van der Waals surface area contributed by atoms with Crippen molar-refractivity contribution in [2.24, 2.45) is 0 Å². The molecule has 0 radical (unpaired) electrons. The van der Waals surface area contributed by atoms with E-state index in [2.05, 4.69) is 60.0 Å². The molecule has 0 aliphatic rings. The average Bonchev–Trinajstić information content (AvgIpc) is 2.82. The number of benzene rings is 3. The monoisotopic (exact) mass is 447 g/mol. The topological polar surface area (TPSA) is 62.8 Å². The number of methoxy groups -OCH3 is 2. The van der Waals surface area contributed by atoms with Crippen molar-refractivity contribution in [1.29, 1.82) is 0 Å². The molecule has 1 unspecified atom stereocenters. The quantitative estimate of drug-likeness (QED) is 0.485. The number of hydrogen-bond donors (Lipinski definition) is 2. The third-order valence-corrected chi connectivity index (χ3v) is 5.48. The van der Waals surface area contributed by atoms with Crippen LogP contribution in [0.3, 0.4) is 0 Å². The van der Waals surface area contributed by atoms with Crippen LogP contribution in [0.15, 0.2) is 66.7 Å². The zero-order valence-electron chi connectivity index (χ0n) is 20.0. The second-order valence-corrected chi connectivity index (χ2v) is 8.25. The summed E-state index contributed by atoms with van der Waals surface area (Å²) in [7, 11) is 7.32. The number of nitrogens with zero attached hydrogens (tertiary/aromatic N) is 1. The first-order valence-electron chi connectivity index (χ1n) is 11.0. The molecule has 0 saturated carbocycles. The van der Waals surface area contributed by atoms with Crippen molar-refractivity contribution in [3.63, 3.8) is 0 Å². The summed E-state index contributed by atoms with van der Waals surface area (Å²) in [6.07, 6.45) is 0. The molecule has 3 rings (SSSR count). The number of carbonyl (C=O) groups excluding carboxylic acids is 1. The van der Waals surface area contributed by atoms with Crippen LogP contribution in [0.2, 0.25) is 0 Å². The molecule has 0 spiro atoms. The number of hydrogen-bond acceptors (Lipinski definition) is 4. The van der Waals surface area contributed by atoms with E-state index < -0.39 is 0 Å². The lowest BCUT2D eigenvalue weighted by molar-refractivity contribution is 0.237. The summed E-state index contributed by atoms with van der Waals surface area (Å²) in [5.41, 5.74) is 5.51. The minimum Gasteiger partial charge on any atom is -0.493 e. The Morgan fingerprint density at radius 1 is 0.939 bits per heavy atom. The van der Waals surface area contributed by atoms with E-state index in [9.17, 15) is 4.79 Å². The van der Waals surface area contributed by atoms with Gasteiger partial charge in [0.15, 0.2) is 11.5 Å². The molecule has 6 nitrogen and oxygen atoms in total. The van der Waals surface area contributed by atoms with Gasteiger partial charge in [-0.05, 0) is 61.0 Å². The lowest BCUT2D eigenvalue weighted by Crippen LogP contribution is -2.36. The van der Waals surface area contributed by atoms with Crippen molar-refractivity contribution >= 4 is 6.03 Å². The number of amides is 2. The van der Waals surface area contributed by atoms with Crippen LogP contribution in [0.1, 0.15) is 29.7 Å². The SMILES string of the molecule is COc1ccc(C(C)NC(=O)NCc2ccccc2-c2ccc(CN(C)C)cc2)cc1OC. The Bertz CT molecular complexity index is 1060. The molecule has 2 amide bonds. The Kier molecular flexibility index (Phi) is 8.33. The van der Waals surface area contributed by atoms with E-state index in [1.54, 1.807) is 14.2 Å². The molecule has 2 N–H and O–H groups in total. The van der Waals surface area contributed by atoms with E-state index in [0.29, 0.717) is 18.0 Å². The molecule has 0 heterocycles. The molecular formula is C27H33N3O3. The highest BCUT2D eigenvalue weighted by Gasteiger charge is 2.13. The summed E-state index contributed by atoms with van der Waals surface area (Å²) in [4.78, 5) is 14.7. The van der Waals surface area contributed by atoms with Crippen LogP contribution in [0.25, 0.3) is 11.1 Å². The average molecular weight is 448 g/mol. The Labute approximate surface area is 196 Å². The third kappa shape index (κ3) is 6.49. The van der Waals surface area contributed by atoms with Crippen molar-refractivity contribution in [2.45, 2.75) is 26.1 Å². The van der Waals surface area contributed by atoms with Crippen LogP contribution in [0.5, 0.6) is 11.5 Å². The molecule has 174 valence electrons. The van der Waals surface area contributed by atoms with Crippen molar-refractivity contribution in [1.82, 2.24) is 15.5 Å². The van der Waals surface area contributed by atoms with Crippen LogP contribution in [-0.4, -0.2) is 39.2 Å². The minimum absolute atomic E-state index is 0.190. The van der Waals surface area contributed by atoms with Gasteiger partial charge in [-0.2, -0.15) is 0 Å². The number of ether oxygens (including phenoxy) is 2. The smallest absolute Gasteiger partial charge is 0.315 e. The summed E-state index contributed by atoms with van der Waals surface area (Å²) < 4.78 is 10.6. The number of carbonyl (C=O) groups is 1. The number of rotatable bonds is 9. The van der Waals surface area contributed by atoms with E-state index in [0.717, 1.165) is 28.8 Å². The third-order valence-electron chi connectivity index (χ3n) is 5.48. The number of urea groups is 1. The highest BCUT2D eigenvalue weighted by Crippen LogP contribution is 2.30. The largest absolute Gasteiger partial charge is 0.493 e. The van der Waals surface area contributed by atoms with Gasteiger partial charge < -0.3 is 25.0 Å². The molecule has 1 atom stereocenters. The first-order valence-corrected chi connectivity index (χ1v) is 11.0. The van der Waals surface area contributed by atoms with Gasteiger partial charge in [-0.3, -0.25) is 0 Å². The summed E-state index contributed by atoms with van der Waals surface area (Å²) in [6.45, 7) is 3.27. The molecule has 6 heteroatoms. The van der Waals surface area contributed by atoms with E-state index >= 15 is 0 Å². The first-order chi connectivity index (χ1) is 15.9. The Morgan fingerprint density at radius 3 is 2.30 bits per heavy atom. The van der Waals surface area contributed by atoms with Gasteiger partial charge in [0.05, 0.1) is 20.3 Å². The summed E-state index contributed by atoms with van der Waals surface area (Å²) in [6, 6.07) is 21.9. The fraction of sp³-hybridized carbons (Fsp3) is 0.296. The van der Waals surface area contributed by atoms with Crippen LogP contribution >= 0.6 is 0 Å². The molecule has 0 aromatic heterocycles. The van der Waals surface area contributed by atoms with Crippen LogP contribution in [0, 0.1) is 0 Å². The molecule has 0 aliphatic heterocycles. The van der Waals surface area contributed by atoms with Gasteiger partial charge in [-0.1, -0.05) is 54.6 Å². The zero-order chi connectivity index (χ0) is 23.8. The first kappa shape index (κ1) is 24.1. The van der Waals surface area contributed by atoms with E-state index in [1.807, 2.05) is 43.3 Å². The second kappa shape index (κ2) is 11.4. The van der Waals surface area contributed by atoms with E-state index in [1.165, 1.54) is 5.56 Å². The molecule has 33 heavy (non-hydrogen) atoms. The van der Waals surface area contributed by atoms with Gasteiger partial charge in [0.25, 0.3) is 0 Å². The molecule has 0 bridgehead atoms. The maximum atomic E-state index is 12.6. The normalized spacial score (nSPS) is 11.7. The van der Waals surface area contributed by atoms with Crippen molar-refractivity contribution in [2.75, 3.05) is 28.3 Å². The fourth-order valence-electron chi connectivity index (χ4n) is 3.74. The lowest BCUT2D eigenvalue weighted by Gasteiger charge is -2.18. The Morgan fingerprint density at radius 2 is 1.64 bits per heavy atom. The van der Waals surface area contributed by atoms with Crippen LogP contribution in [-0.2, 0) is 13.1 Å². The maximum Gasteiger partial charge on any atom is 0.315 e. The van der Waals surface area contributed by atoms with E-state index in [4.69, 9.17) is 9.47 Å². The Balaban J connectivity index is 1.64. The van der Waals surface area contributed by atoms with Gasteiger partial charge in [-0.25, -0.2) is 4.79 Å². The highest BCUT2D eigenvalue weighted by molar-refractivity contribution is 5.75. The Hall–Kier alpha value is -3.51. The van der Waals surface area contributed by atoms with Gasteiger partial charge in [0.1, 0.15) is 0 Å². The zero-order valence-corrected chi connectivity index (χ0v) is 20.0. The van der Waals surface area contributed by atoms with Crippen molar-refractivity contribution in [3.8, 4) is 22.6 Å². The molecule has 3 aromatic rings. The van der Waals surface area contributed by atoms with Crippen LogP contribution in [0.4, 0.5) is 4.79 Å². The van der Waals surface area contributed by atoms with Gasteiger partial charge in [-0.15, -0.1) is 0 Å².